The van der Waals surface area contributed by atoms with E-state index < -0.39 is 0 Å². The highest BCUT2D eigenvalue weighted by molar-refractivity contribution is 7.10. The first kappa shape index (κ1) is 8.72. The molecule has 2 heterocycles. The number of piperidine rings is 1. The molecule has 1 saturated heterocycles. The maximum Gasteiger partial charge on any atom is 0.222 e. The zero-order chi connectivity index (χ0) is 9.26. The molecule has 2 unspecified atom stereocenters. The molecule has 3 nitrogen and oxygen atoms in total. The summed E-state index contributed by atoms with van der Waals surface area (Å²) in [4.78, 5) is 12.4. The smallest absolute Gasteiger partial charge is 0.222 e. The Bertz CT molecular complexity index is 297. The van der Waals surface area contributed by atoms with E-state index in [-0.39, 0.29) is 18.0 Å². The van der Waals surface area contributed by atoms with Crippen molar-refractivity contribution >= 4 is 17.2 Å². The second-order valence-corrected chi connectivity index (χ2v) is 4.31. The molecular formula is C9H12N2OS. The van der Waals surface area contributed by atoms with Crippen molar-refractivity contribution in [2.24, 2.45) is 5.73 Å². The van der Waals surface area contributed by atoms with Gasteiger partial charge in [-0.1, -0.05) is 6.07 Å². The van der Waals surface area contributed by atoms with Crippen LogP contribution >= 0.6 is 11.3 Å². The molecule has 0 aromatic carbocycles. The lowest BCUT2D eigenvalue weighted by Gasteiger charge is -2.26. The predicted molar refractivity (Wildman–Crippen MR) is 52.4 cm³/mol. The SMILES string of the molecule is NC1CC(=O)NC(c2cccs2)C1. The van der Waals surface area contributed by atoms with Crippen molar-refractivity contribution in [3.05, 3.63) is 22.4 Å². The molecule has 3 N–H and O–H groups in total. The summed E-state index contributed by atoms with van der Waals surface area (Å²) < 4.78 is 0. The van der Waals surface area contributed by atoms with Gasteiger partial charge in [0.1, 0.15) is 0 Å². The van der Waals surface area contributed by atoms with Gasteiger partial charge in [0.15, 0.2) is 0 Å². The summed E-state index contributed by atoms with van der Waals surface area (Å²) in [6.45, 7) is 0. The fourth-order valence-electron chi connectivity index (χ4n) is 1.61. The first-order valence-electron chi connectivity index (χ1n) is 4.34. The molecule has 70 valence electrons. The van der Waals surface area contributed by atoms with Gasteiger partial charge in [-0.25, -0.2) is 0 Å². The van der Waals surface area contributed by atoms with Gasteiger partial charge < -0.3 is 11.1 Å². The number of thiophene rings is 1. The lowest BCUT2D eigenvalue weighted by Crippen LogP contribution is -2.42. The maximum atomic E-state index is 11.2. The number of nitrogens with one attached hydrogen (secondary N) is 1. The molecule has 4 heteroatoms. The molecule has 0 bridgehead atoms. The Balaban J connectivity index is 2.12. The van der Waals surface area contributed by atoms with E-state index in [1.807, 2.05) is 17.5 Å². The van der Waals surface area contributed by atoms with Crippen molar-refractivity contribution in [3.8, 4) is 0 Å². The molecule has 0 saturated carbocycles. The number of carbonyl (C=O) groups excluding carboxylic acids is 1. The highest BCUT2D eigenvalue weighted by atomic mass is 32.1. The zero-order valence-electron chi connectivity index (χ0n) is 7.19. The van der Waals surface area contributed by atoms with E-state index >= 15 is 0 Å². The average Bonchev–Trinajstić information content (AvgIpc) is 2.53. The van der Waals surface area contributed by atoms with Crippen molar-refractivity contribution < 1.29 is 4.79 Å². The van der Waals surface area contributed by atoms with Gasteiger partial charge >= 0.3 is 0 Å². The molecule has 1 amide bonds. The first-order chi connectivity index (χ1) is 6.25. The average molecular weight is 196 g/mol. The quantitative estimate of drug-likeness (QED) is 0.704. The van der Waals surface area contributed by atoms with E-state index in [2.05, 4.69) is 5.32 Å². The van der Waals surface area contributed by atoms with Gasteiger partial charge in [0.25, 0.3) is 0 Å². The molecular weight excluding hydrogens is 184 g/mol. The van der Waals surface area contributed by atoms with Crippen LogP contribution in [-0.2, 0) is 4.79 Å². The summed E-state index contributed by atoms with van der Waals surface area (Å²) in [6, 6.07) is 4.18. The highest BCUT2D eigenvalue weighted by Crippen LogP contribution is 2.26. The number of carbonyl (C=O) groups is 1. The van der Waals surface area contributed by atoms with Crippen LogP contribution < -0.4 is 11.1 Å². The predicted octanol–water partition coefficient (Wildman–Crippen LogP) is 1.03. The Kier molecular flexibility index (Phi) is 2.33. The van der Waals surface area contributed by atoms with Crippen LogP contribution in [0.5, 0.6) is 0 Å². The minimum Gasteiger partial charge on any atom is -0.348 e. The second-order valence-electron chi connectivity index (χ2n) is 3.34. The number of hydrogen-bond donors (Lipinski definition) is 2. The third-order valence-corrected chi connectivity index (χ3v) is 3.19. The molecule has 1 aromatic heterocycles. The number of nitrogens with two attached hydrogens (primary N) is 1. The summed E-state index contributed by atoms with van der Waals surface area (Å²) >= 11 is 1.66. The lowest BCUT2D eigenvalue weighted by atomic mass is 9.99. The summed E-state index contributed by atoms with van der Waals surface area (Å²) in [5.74, 6) is 0.0668. The minimum absolute atomic E-state index is 0.0147. The number of hydrogen-bond acceptors (Lipinski definition) is 3. The zero-order valence-corrected chi connectivity index (χ0v) is 8.01. The van der Waals surface area contributed by atoms with Gasteiger partial charge in [-0.3, -0.25) is 4.79 Å². The molecule has 0 radical (unpaired) electrons. The van der Waals surface area contributed by atoms with Crippen LogP contribution in [0.1, 0.15) is 23.8 Å². The molecule has 2 rings (SSSR count). The van der Waals surface area contributed by atoms with Gasteiger partial charge in [0.05, 0.1) is 6.04 Å². The third-order valence-electron chi connectivity index (χ3n) is 2.21. The molecule has 2 atom stereocenters. The first-order valence-corrected chi connectivity index (χ1v) is 5.22. The fraction of sp³-hybridized carbons (Fsp3) is 0.444. The van der Waals surface area contributed by atoms with Gasteiger partial charge in [-0.05, 0) is 17.9 Å². The van der Waals surface area contributed by atoms with Crippen LogP contribution in [0, 0.1) is 0 Å². The maximum absolute atomic E-state index is 11.2. The van der Waals surface area contributed by atoms with E-state index in [1.54, 1.807) is 11.3 Å². The Morgan fingerprint density at radius 2 is 2.46 bits per heavy atom. The van der Waals surface area contributed by atoms with Crippen LogP contribution in [-0.4, -0.2) is 11.9 Å². The van der Waals surface area contributed by atoms with Crippen LogP contribution in [0.3, 0.4) is 0 Å². The summed E-state index contributed by atoms with van der Waals surface area (Å²) in [5.41, 5.74) is 5.77. The largest absolute Gasteiger partial charge is 0.348 e. The van der Waals surface area contributed by atoms with Gasteiger partial charge in [-0.2, -0.15) is 0 Å². The van der Waals surface area contributed by atoms with Gasteiger partial charge in [0, 0.05) is 17.3 Å². The molecule has 13 heavy (non-hydrogen) atoms. The Hall–Kier alpha value is -0.870. The minimum atomic E-state index is 0.0147. The van der Waals surface area contributed by atoms with Crippen LogP contribution in [0.4, 0.5) is 0 Å². The molecule has 0 spiro atoms. The summed E-state index contributed by atoms with van der Waals surface area (Å²) in [6.07, 6.45) is 1.31. The van der Waals surface area contributed by atoms with E-state index in [4.69, 9.17) is 5.73 Å². The molecule has 1 aromatic rings. The van der Waals surface area contributed by atoms with Crippen molar-refractivity contribution in [2.75, 3.05) is 0 Å². The third kappa shape index (κ3) is 1.89. The van der Waals surface area contributed by atoms with Crippen molar-refractivity contribution in [3.63, 3.8) is 0 Å². The van der Waals surface area contributed by atoms with Gasteiger partial charge in [-0.15, -0.1) is 11.3 Å². The van der Waals surface area contributed by atoms with Crippen LogP contribution in [0.15, 0.2) is 17.5 Å². The second kappa shape index (κ2) is 3.47. The Morgan fingerprint density at radius 3 is 3.08 bits per heavy atom. The molecule has 0 aliphatic carbocycles. The van der Waals surface area contributed by atoms with E-state index in [0.717, 1.165) is 6.42 Å². The van der Waals surface area contributed by atoms with Gasteiger partial charge in [0.2, 0.25) is 5.91 Å². The number of amides is 1. The van der Waals surface area contributed by atoms with Crippen LogP contribution in [0.25, 0.3) is 0 Å². The summed E-state index contributed by atoms with van der Waals surface area (Å²) in [7, 11) is 0. The fourth-order valence-corrected chi connectivity index (χ4v) is 2.40. The van der Waals surface area contributed by atoms with Crippen LogP contribution in [0.2, 0.25) is 0 Å². The van der Waals surface area contributed by atoms with Crippen molar-refractivity contribution in [1.82, 2.24) is 5.32 Å². The Labute approximate surface area is 80.9 Å². The lowest BCUT2D eigenvalue weighted by molar-refractivity contribution is -0.123. The highest BCUT2D eigenvalue weighted by Gasteiger charge is 2.25. The Morgan fingerprint density at radius 1 is 1.62 bits per heavy atom. The standard InChI is InChI=1S/C9H12N2OS/c10-6-4-7(11-9(12)5-6)8-2-1-3-13-8/h1-3,6-7H,4-5,10H2,(H,11,12). The van der Waals surface area contributed by atoms with Crippen molar-refractivity contribution in [1.29, 1.82) is 0 Å². The topological polar surface area (TPSA) is 55.1 Å². The summed E-state index contributed by atoms with van der Waals surface area (Å²) in [5, 5.41) is 4.96. The number of rotatable bonds is 1. The monoisotopic (exact) mass is 196 g/mol. The van der Waals surface area contributed by atoms with E-state index in [9.17, 15) is 4.79 Å². The molecule has 1 fully saturated rings. The molecule has 1 aliphatic rings. The normalized spacial score (nSPS) is 28.5. The van der Waals surface area contributed by atoms with Crippen molar-refractivity contribution in [2.45, 2.75) is 24.9 Å². The van der Waals surface area contributed by atoms with E-state index in [0.29, 0.717) is 6.42 Å². The van der Waals surface area contributed by atoms with E-state index in [1.165, 1.54) is 4.88 Å². The molecule has 1 aliphatic heterocycles.